The maximum absolute atomic E-state index is 9.75. The van der Waals surface area contributed by atoms with Crippen molar-refractivity contribution in [2.24, 2.45) is 0 Å². The first-order valence-corrected chi connectivity index (χ1v) is 5.89. The molecule has 0 atom stereocenters. The highest BCUT2D eigenvalue weighted by Crippen LogP contribution is 2.30. The number of ether oxygens (including phenoxy) is 1. The van der Waals surface area contributed by atoms with Gasteiger partial charge in [0.1, 0.15) is 5.75 Å². The Kier molecular flexibility index (Phi) is 3.92. The van der Waals surface area contributed by atoms with E-state index in [1.54, 1.807) is 6.07 Å². The van der Waals surface area contributed by atoms with Crippen molar-refractivity contribution in [3.8, 4) is 5.75 Å². The van der Waals surface area contributed by atoms with E-state index in [4.69, 9.17) is 27.9 Å². The first-order valence-electron chi connectivity index (χ1n) is 5.14. The van der Waals surface area contributed by atoms with Gasteiger partial charge in [0.15, 0.2) is 0 Å². The third-order valence-corrected chi connectivity index (χ3v) is 3.34. The molecule has 0 spiro atoms. The lowest BCUT2D eigenvalue weighted by Gasteiger charge is -2.26. The lowest BCUT2D eigenvalue weighted by atomic mass is 10.2. The molecule has 0 aromatic heterocycles. The number of nitrogens with zero attached hydrogens (tertiary/aromatic N) is 1. The molecule has 0 radical (unpaired) electrons. The molecule has 1 fully saturated rings. The van der Waals surface area contributed by atoms with Gasteiger partial charge in [-0.3, -0.25) is 4.90 Å². The fourth-order valence-corrected chi connectivity index (χ4v) is 2.05. The molecule has 0 amide bonds. The number of aromatic hydroxyl groups is 1. The number of morpholine rings is 1. The first-order chi connectivity index (χ1) is 7.66. The van der Waals surface area contributed by atoms with Crippen molar-refractivity contribution in [1.29, 1.82) is 0 Å². The zero-order valence-corrected chi connectivity index (χ0v) is 10.3. The van der Waals surface area contributed by atoms with Crippen LogP contribution in [0.4, 0.5) is 0 Å². The van der Waals surface area contributed by atoms with Gasteiger partial charge in [0.25, 0.3) is 0 Å². The topological polar surface area (TPSA) is 32.7 Å². The van der Waals surface area contributed by atoms with Crippen LogP contribution in [0.15, 0.2) is 12.1 Å². The Morgan fingerprint density at radius 1 is 1.19 bits per heavy atom. The second kappa shape index (κ2) is 5.23. The molecule has 5 heteroatoms. The van der Waals surface area contributed by atoms with E-state index < -0.39 is 0 Å². The second-order valence-corrected chi connectivity index (χ2v) is 4.60. The molecule has 1 heterocycles. The largest absolute Gasteiger partial charge is 0.508 e. The fraction of sp³-hybridized carbons (Fsp3) is 0.455. The van der Waals surface area contributed by atoms with E-state index in [-0.39, 0.29) is 5.75 Å². The van der Waals surface area contributed by atoms with Crippen LogP contribution in [-0.4, -0.2) is 36.3 Å². The van der Waals surface area contributed by atoms with Crippen LogP contribution in [0.25, 0.3) is 0 Å². The molecule has 3 nitrogen and oxygen atoms in total. The predicted octanol–water partition coefficient (Wildman–Crippen LogP) is 2.53. The molecule has 0 aliphatic carbocycles. The minimum atomic E-state index is 0.195. The molecule has 16 heavy (non-hydrogen) atoms. The molecule has 0 bridgehead atoms. The summed E-state index contributed by atoms with van der Waals surface area (Å²) in [6.07, 6.45) is 0. The van der Waals surface area contributed by atoms with Gasteiger partial charge in [0, 0.05) is 31.3 Å². The summed E-state index contributed by atoms with van der Waals surface area (Å²) in [4.78, 5) is 2.21. The van der Waals surface area contributed by atoms with Gasteiger partial charge < -0.3 is 9.84 Å². The molecule has 88 valence electrons. The maximum atomic E-state index is 9.75. The molecule has 1 aliphatic heterocycles. The SMILES string of the molecule is Oc1cc(Cl)c(Cl)cc1CN1CCOCC1. The van der Waals surface area contributed by atoms with Gasteiger partial charge in [-0.05, 0) is 6.07 Å². The van der Waals surface area contributed by atoms with Gasteiger partial charge in [0.2, 0.25) is 0 Å². The fourth-order valence-electron chi connectivity index (χ4n) is 1.70. The van der Waals surface area contributed by atoms with Gasteiger partial charge in [-0.1, -0.05) is 23.2 Å². The van der Waals surface area contributed by atoms with Crippen molar-refractivity contribution in [3.05, 3.63) is 27.7 Å². The summed E-state index contributed by atoms with van der Waals surface area (Å²) in [6.45, 7) is 3.90. The van der Waals surface area contributed by atoms with E-state index in [2.05, 4.69) is 4.90 Å². The lowest BCUT2D eigenvalue weighted by Crippen LogP contribution is -2.35. The van der Waals surface area contributed by atoms with Gasteiger partial charge >= 0.3 is 0 Å². The highest BCUT2D eigenvalue weighted by Gasteiger charge is 2.14. The Labute approximate surface area is 105 Å². The van der Waals surface area contributed by atoms with Gasteiger partial charge in [-0.25, -0.2) is 0 Å². The van der Waals surface area contributed by atoms with E-state index in [9.17, 15) is 5.11 Å². The molecular formula is C11H13Cl2NO2. The van der Waals surface area contributed by atoms with E-state index in [1.165, 1.54) is 6.07 Å². The number of hydrogen-bond donors (Lipinski definition) is 1. The van der Waals surface area contributed by atoms with Crippen molar-refractivity contribution >= 4 is 23.2 Å². The smallest absolute Gasteiger partial charge is 0.121 e. The van der Waals surface area contributed by atoms with Crippen LogP contribution in [0.2, 0.25) is 10.0 Å². The number of hydrogen-bond acceptors (Lipinski definition) is 3. The molecule has 1 aliphatic rings. The Morgan fingerprint density at radius 3 is 2.50 bits per heavy atom. The van der Waals surface area contributed by atoms with Crippen LogP contribution < -0.4 is 0 Å². The van der Waals surface area contributed by atoms with Gasteiger partial charge in [-0.15, -0.1) is 0 Å². The van der Waals surface area contributed by atoms with Crippen molar-refractivity contribution < 1.29 is 9.84 Å². The summed E-state index contributed by atoms with van der Waals surface area (Å²) in [5, 5.41) is 10.6. The van der Waals surface area contributed by atoms with E-state index in [0.717, 1.165) is 31.9 Å². The highest BCUT2D eigenvalue weighted by molar-refractivity contribution is 6.42. The molecule has 1 N–H and O–H groups in total. The minimum absolute atomic E-state index is 0.195. The maximum Gasteiger partial charge on any atom is 0.121 e. The van der Waals surface area contributed by atoms with E-state index in [1.807, 2.05) is 0 Å². The molecule has 1 aromatic rings. The van der Waals surface area contributed by atoms with Gasteiger partial charge in [-0.2, -0.15) is 0 Å². The highest BCUT2D eigenvalue weighted by atomic mass is 35.5. The standard InChI is InChI=1S/C11H13Cl2NO2/c12-9-5-8(11(15)6-10(9)13)7-14-1-3-16-4-2-14/h5-6,15H,1-4,7H2. The van der Waals surface area contributed by atoms with Crippen molar-refractivity contribution in [2.75, 3.05) is 26.3 Å². The summed E-state index contributed by atoms with van der Waals surface area (Å²) in [5.74, 6) is 0.195. The number of halogens is 2. The normalized spacial score (nSPS) is 17.6. The summed E-state index contributed by atoms with van der Waals surface area (Å²) in [7, 11) is 0. The summed E-state index contributed by atoms with van der Waals surface area (Å²) >= 11 is 11.7. The number of benzene rings is 1. The third kappa shape index (κ3) is 2.80. The van der Waals surface area contributed by atoms with Crippen LogP contribution >= 0.6 is 23.2 Å². The van der Waals surface area contributed by atoms with E-state index >= 15 is 0 Å². The van der Waals surface area contributed by atoms with Crippen LogP contribution in [0.1, 0.15) is 5.56 Å². The number of phenols is 1. The number of phenolic OH excluding ortho intramolecular Hbond substituents is 1. The van der Waals surface area contributed by atoms with Crippen LogP contribution in [-0.2, 0) is 11.3 Å². The number of rotatable bonds is 2. The minimum Gasteiger partial charge on any atom is -0.508 e. The average molecular weight is 262 g/mol. The van der Waals surface area contributed by atoms with Gasteiger partial charge in [0.05, 0.1) is 23.3 Å². The predicted molar refractivity (Wildman–Crippen MR) is 64.2 cm³/mol. The molecule has 1 aromatic carbocycles. The average Bonchev–Trinajstić information content (AvgIpc) is 2.27. The molecule has 0 saturated carbocycles. The van der Waals surface area contributed by atoms with E-state index in [0.29, 0.717) is 16.6 Å². The zero-order chi connectivity index (χ0) is 11.5. The monoisotopic (exact) mass is 261 g/mol. The quantitative estimate of drug-likeness (QED) is 0.889. The molecular weight excluding hydrogens is 249 g/mol. The summed E-state index contributed by atoms with van der Waals surface area (Å²) in [6, 6.07) is 3.20. The van der Waals surface area contributed by atoms with Crippen molar-refractivity contribution in [2.45, 2.75) is 6.54 Å². The molecule has 2 rings (SSSR count). The Bertz CT molecular complexity index is 378. The Morgan fingerprint density at radius 2 is 1.81 bits per heavy atom. The second-order valence-electron chi connectivity index (χ2n) is 3.78. The summed E-state index contributed by atoms with van der Waals surface area (Å²) in [5.41, 5.74) is 0.802. The molecule has 0 unspecified atom stereocenters. The lowest BCUT2D eigenvalue weighted by molar-refractivity contribution is 0.0339. The van der Waals surface area contributed by atoms with Crippen molar-refractivity contribution in [1.82, 2.24) is 4.90 Å². The Balaban J connectivity index is 2.11. The van der Waals surface area contributed by atoms with Crippen molar-refractivity contribution in [3.63, 3.8) is 0 Å². The molecule has 1 saturated heterocycles. The zero-order valence-electron chi connectivity index (χ0n) is 8.75. The first kappa shape index (κ1) is 12.0. The van der Waals surface area contributed by atoms with Crippen LogP contribution in [0.3, 0.4) is 0 Å². The van der Waals surface area contributed by atoms with Crippen LogP contribution in [0.5, 0.6) is 5.75 Å². The summed E-state index contributed by atoms with van der Waals surface area (Å²) < 4.78 is 5.26. The Hall–Kier alpha value is -0.480. The third-order valence-electron chi connectivity index (χ3n) is 2.62. The van der Waals surface area contributed by atoms with Crippen LogP contribution in [0, 0.1) is 0 Å².